The van der Waals surface area contributed by atoms with Gasteiger partial charge in [-0.1, -0.05) is 11.6 Å². The van der Waals surface area contributed by atoms with E-state index in [4.69, 9.17) is 11.6 Å². The van der Waals surface area contributed by atoms with E-state index in [-0.39, 0.29) is 17.7 Å². The smallest absolute Gasteiger partial charge is 0.257 e. The molecule has 0 aliphatic carbocycles. The predicted molar refractivity (Wildman–Crippen MR) is 66.5 cm³/mol. The van der Waals surface area contributed by atoms with Crippen molar-refractivity contribution in [3.63, 3.8) is 0 Å². The molecule has 1 heterocycles. The lowest BCUT2D eigenvalue weighted by molar-refractivity contribution is 0.0741. The van der Waals surface area contributed by atoms with Crippen LogP contribution >= 0.6 is 11.6 Å². The minimum Gasteiger partial charge on any atom is -0.507 e. The summed E-state index contributed by atoms with van der Waals surface area (Å²) in [7, 11) is 1.76. The van der Waals surface area contributed by atoms with Gasteiger partial charge in [-0.3, -0.25) is 4.79 Å². The van der Waals surface area contributed by atoms with E-state index < -0.39 is 0 Å². The zero-order valence-corrected chi connectivity index (χ0v) is 10.4. The summed E-state index contributed by atoms with van der Waals surface area (Å²) in [5.41, 5.74) is 0.295. The summed E-state index contributed by atoms with van der Waals surface area (Å²) in [4.78, 5) is 13.8. The Balaban J connectivity index is 2.18. The number of carbonyl (C=O) groups excluding carboxylic acids is 1. The molecule has 1 aromatic carbocycles. The lowest BCUT2D eigenvalue weighted by Gasteiger charge is -2.24. The van der Waals surface area contributed by atoms with Crippen LogP contribution in [0.1, 0.15) is 16.8 Å². The van der Waals surface area contributed by atoms with Crippen molar-refractivity contribution < 1.29 is 9.90 Å². The molecule has 0 bridgehead atoms. The molecule has 2 N–H and O–H groups in total. The van der Waals surface area contributed by atoms with Crippen molar-refractivity contribution >= 4 is 17.5 Å². The van der Waals surface area contributed by atoms with Crippen LogP contribution in [0.25, 0.3) is 0 Å². The number of rotatable bonds is 2. The van der Waals surface area contributed by atoms with Gasteiger partial charge >= 0.3 is 0 Å². The summed E-state index contributed by atoms with van der Waals surface area (Å²) in [5.74, 6) is -0.242. The quantitative estimate of drug-likeness (QED) is 0.841. The summed E-state index contributed by atoms with van der Waals surface area (Å²) in [6, 6.07) is 4.74. The van der Waals surface area contributed by atoms with Crippen molar-refractivity contribution in [2.24, 2.45) is 0 Å². The summed E-state index contributed by atoms with van der Waals surface area (Å²) in [5, 5.41) is 13.3. The van der Waals surface area contributed by atoms with E-state index in [0.717, 1.165) is 19.5 Å². The summed E-state index contributed by atoms with van der Waals surface area (Å²) in [6.45, 7) is 1.73. The SMILES string of the molecule is CN(C(=O)c1ccc(Cl)cc1O)C1CCNC1. The monoisotopic (exact) mass is 254 g/mol. The van der Waals surface area contributed by atoms with Gasteiger partial charge in [0.05, 0.1) is 5.56 Å². The number of halogens is 1. The van der Waals surface area contributed by atoms with Gasteiger partial charge in [0.2, 0.25) is 0 Å². The zero-order chi connectivity index (χ0) is 12.4. The molecule has 0 aromatic heterocycles. The molecule has 1 aromatic rings. The second-order valence-electron chi connectivity index (χ2n) is 4.22. The Morgan fingerprint density at radius 3 is 2.94 bits per heavy atom. The van der Waals surface area contributed by atoms with Crippen LogP contribution in [-0.4, -0.2) is 42.1 Å². The van der Waals surface area contributed by atoms with Crippen molar-refractivity contribution in [2.45, 2.75) is 12.5 Å². The highest BCUT2D eigenvalue weighted by molar-refractivity contribution is 6.30. The van der Waals surface area contributed by atoms with Crippen LogP contribution < -0.4 is 5.32 Å². The van der Waals surface area contributed by atoms with Crippen LogP contribution in [0.15, 0.2) is 18.2 Å². The van der Waals surface area contributed by atoms with Crippen LogP contribution in [-0.2, 0) is 0 Å². The molecule has 0 saturated carbocycles. The number of likely N-dealkylation sites (N-methyl/N-ethyl adjacent to an activating group) is 1. The van der Waals surface area contributed by atoms with Gasteiger partial charge in [0, 0.05) is 24.7 Å². The maximum Gasteiger partial charge on any atom is 0.257 e. The highest BCUT2D eigenvalue weighted by Gasteiger charge is 2.25. The minimum absolute atomic E-state index is 0.0692. The summed E-state index contributed by atoms with van der Waals surface area (Å²) >= 11 is 5.73. The number of phenolic OH excluding ortho intramolecular Hbond substituents is 1. The van der Waals surface area contributed by atoms with Gasteiger partial charge in [-0.25, -0.2) is 0 Å². The fourth-order valence-electron chi connectivity index (χ4n) is 2.01. The van der Waals surface area contributed by atoms with Crippen LogP contribution in [0.4, 0.5) is 0 Å². The number of nitrogens with one attached hydrogen (secondary N) is 1. The van der Waals surface area contributed by atoms with E-state index in [1.54, 1.807) is 24.1 Å². The fourth-order valence-corrected chi connectivity index (χ4v) is 2.18. The number of nitrogens with zero attached hydrogens (tertiary/aromatic N) is 1. The second kappa shape index (κ2) is 4.94. The third kappa shape index (κ3) is 2.53. The van der Waals surface area contributed by atoms with Crippen molar-refractivity contribution in [2.75, 3.05) is 20.1 Å². The third-order valence-corrected chi connectivity index (χ3v) is 3.33. The van der Waals surface area contributed by atoms with E-state index in [9.17, 15) is 9.90 Å². The minimum atomic E-state index is -0.173. The molecule has 1 atom stereocenters. The Labute approximate surface area is 105 Å². The first-order chi connectivity index (χ1) is 8.09. The van der Waals surface area contributed by atoms with Crippen LogP contribution in [0.3, 0.4) is 0 Å². The fraction of sp³-hybridized carbons (Fsp3) is 0.417. The number of hydrogen-bond acceptors (Lipinski definition) is 3. The molecule has 92 valence electrons. The molecule has 17 heavy (non-hydrogen) atoms. The first-order valence-electron chi connectivity index (χ1n) is 5.56. The third-order valence-electron chi connectivity index (χ3n) is 3.09. The average Bonchev–Trinajstić information content (AvgIpc) is 2.80. The molecule has 5 heteroatoms. The van der Waals surface area contributed by atoms with Crippen LogP contribution in [0.5, 0.6) is 5.75 Å². The van der Waals surface area contributed by atoms with Crippen LogP contribution in [0, 0.1) is 0 Å². The zero-order valence-electron chi connectivity index (χ0n) is 9.61. The van der Waals surface area contributed by atoms with Gasteiger partial charge in [-0.2, -0.15) is 0 Å². The van der Waals surface area contributed by atoms with E-state index in [0.29, 0.717) is 10.6 Å². The lowest BCUT2D eigenvalue weighted by atomic mass is 10.1. The predicted octanol–water partition coefficient (Wildman–Crippen LogP) is 1.48. The van der Waals surface area contributed by atoms with E-state index in [2.05, 4.69) is 5.32 Å². The van der Waals surface area contributed by atoms with Crippen molar-refractivity contribution in [3.8, 4) is 5.75 Å². The lowest BCUT2D eigenvalue weighted by Crippen LogP contribution is -2.38. The molecule has 1 fully saturated rings. The second-order valence-corrected chi connectivity index (χ2v) is 4.66. The molecule has 1 saturated heterocycles. The number of aromatic hydroxyl groups is 1. The molecular formula is C12H15ClN2O2. The van der Waals surface area contributed by atoms with Gasteiger partial charge in [-0.05, 0) is 31.2 Å². The molecule has 0 radical (unpaired) electrons. The van der Waals surface area contributed by atoms with Gasteiger partial charge in [0.1, 0.15) is 5.75 Å². The molecular weight excluding hydrogens is 240 g/mol. The van der Waals surface area contributed by atoms with Crippen LogP contribution in [0.2, 0.25) is 5.02 Å². The summed E-state index contributed by atoms with van der Waals surface area (Å²) < 4.78 is 0. The van der Waals surface area contributed by atoms with Gasteiger partial charge < -0.3 is 15.3 Å². The highest BCUT2D eigenvalue weighted by Crippen LogP contribution is 2.24. The maximum absolute atomic E-state index is 12.2. The van der Waals surface area contributed by atoms with Crippen molar-refractivity contribution in [1.29, 1.82) is 0 Å². The van der Waals surface area contributed by atoms with Gasteiger partial charge in [0.25, 0.3) is 5.91 Å². The normalized spacial score (nSPS) is 19.3. The number of phenols is 1. The Hall–Kier alpha value is -1.26. The standard InChI is InChI=1S/C12H15ClN2O2/c1-15(9-4-5-14-7-9)12(17)10-3-2-8(13)6-11(10)16/h2-3,6,9,14,16H,4-5,7H2,1H3. The Morgan fingerprint density at radius 1 is 1.59 bits per heavy atom. The van der Waals surface area contributed by atoms with E-state index in [1.165, 1.54) is 6.07 Å². The number of benzene rings is 1. The largest absolute Gasteiger partial charge is 0.507 e. The molecule has 0 spiro atoms. The maximum atomic E-state index is 12.2. The number of amides is 1. The molecule has 1 amide bonds. The molecule has 1 aliphatic rings. The van der Waals surface area contributed by atoms with E-state index >= 15 is 0 Å². The van der Waals surface area contributed by atoms with Gasteiger partial charge in [0.15, 0.2) is 0 Å². The van der Waals surface area contributed by atoms with Gasteiger partial charge in [-0.15, -0.1) is 0 Å². The molecule has 4 nitrogen and oxygen atoms in total. The Kier molecular flexibility index (Phi) is 3.54. The molecule has 1 unspecified atom stereocenters. The van der Waals surface area contributed by atoms with Crippen molar-refractivity contribution in [3.05, 3.63) is 28.8 Å². The Bertz CT molecular complexity index is 431. The number of carbonyl (C=O) groups is 1. The average molecular weight is 255 g/mol. The van der Waals surface area contributed by atoms with E-state index in [1.807, 2.05) is 0 Å². The first kappa shape index (κ1) is 12.2. The Morgan fingerprint density at radius 2 is 2.35 bits per heavy atom. The summed E-state index contributed by atoms with van der Waals surface area (Å²) in [6.07, 6.45) is 0.941. The number of hydrogen-bond donors (Lipinski definition) is 2. The molecule has 2 rings (SSSR count). The first-order valence-corrected chi connectivity index (χ1v) is 5.94. The highest BCUT2D eigenvalue weighted by atomic mass is 35.5. The molecule has 1 aliphatic heterocycles. The topological polar surface area (TPSA) is 52.6 Å². The van der Waals surface area contributed by atoms with Crippen molar-refractivity contribution in [1.82, 2.24) is 10.2 Å².